The molecule has 24 heavy (non-hydrogen) atoms. The third-order valence-corrected chi connectivity index (χ3v) is 3.49. The fourth-order valence-electron chi connectivity index (χ4n) is 2.13. The van der Waals surface area contributed by atoms with Crippen LogP contribution in [0.3, 0.4) is 0 Å². The number of hydrogen-bond acceptors (Lipinski definition) is 4. The summed E-state index contributed by atoms with van der Waals surface area (Å²) in [5, 5.41) is 13.5. The predicted octanol–water partition coefficient (Wildman–Crippen LogP) is 3.45. The van der Waals surface area contributed by atoms with Crippen molar-refractivity contribution >= 4 is 5.71 Å². The Kier molecular flexibility index (Phi) is 6.19. The van der Waals surface area contributed by atoms with Gasteiger partial charge in [0.25, 0.3) is 0 Å². The Morgan fingerprint density at radius 3 is 2.67 bits per heavy atom. The van der Waals surface area contributed by atoms with Gasteiger partial charge in [0, 0.05) is 12.1 Å². The van der Waals surface area contributed by atoms with Crippen molar-refractivity contribution in [1.82, 2.24) is 4.90 Å². The average molecular weight is 331 g/mol. The third-order valence-electron chi connectivity index (χ3n) is 3.49. The SMILES string of the molecule is [2H]c1cccc(F)c1/C(CCc1ccc(O)cc1)=N/OCCN(C)C. The number of oxime groups is 1. The molecule has 0 aliphatic carbocycles. The second-order valence-corrected chi connectivity index (χ2v) is 5.73. The minimum Gasteiger partial charge on any atom is -0.508 e. The Labute approximate surface area is 143 Å². The average Bonchev–Trinajstić information content (AvgIpc) is 2.56. The summed E-state index contributed by atoms with van der Waals surface area (Å²) in [5.74, 6) is -0.277. The van der Waals surface area contributed by atoms with E-state index in [4.69, 9.17) is 6.21 Å². The van der Waals surface area contributed by atoms with Gasteiger partial charge in [-0.3, -0.25) is 0 Å². The van der Waals surface area contributed by atoms with Crippen molar-refractivity contribution in [2.24, 2.45) is 5.16 Å². The van der Waals surface area contributed by atoms with E-state index in [0.717, 1.165) is 5.56 Å². The molecule has 0 aliphatic heterocycles. The topological polar surface area (TPSA) is 45.1 Å². The molecule has 0 spiro atoms. The van der Waals surface area contributed by atoms with Crippen LogP contribution in [0.1, 0.15) is 18.9 Å². The lowest BCUT2D eigenvalue weighted by molar-refractivity contribution is 0.125. The highest BCUT2D eigenvalue weighted by atomic mass is 19.1. The van der Waals surface area contributed by atoms with Gasteiger partial charge in [0.2, 0.25) is 0 Å². The molecule has 2 aromatic rings. The van der Waals surface area contributed by atoms with Crippen LogP contribution in [0.5, 0.6) is 5.75 Å². The van der Waals surface area contributed by atoms with E-state index in [1.807, 2.05) is 31.1 Å². The van der Waals surface area contributed by atoms with Gasteiger partial charge in [0.1, 0.15) is 18.2 Å². The Hall–Kier alpha value is -2.40. The van der Waals surface area contributed by atoms with Crippen LogP contribution in [-0.2, 0) is 11.3 Å². The van der Waals surface area contributed by atoms with Crippen LogP contribution in [0.2, 0.25) is 0 Å². The molecule has 0 saturated heterocycles. The van der Waals surface area contributed by atoms with Crippen molar-refractivity contribution in [2.75, 3.05) is 27.2 Å². The molecular weight excluding hydrogens is 307 g/mol. The van der Waals surface area contributed by atoms with Gasteiger partial charge < -0.3 is 14.8 Å². The summed E-state index contributed by atoms with van der Waals surface area (Å²) in [6, 6.07) is 11.3. The molecule has 0 fully saturated rings. The normalized spacial score (nSPS) is 12.3. The van der Waals surface area contributed by atoms with Crippen molar-refractivity contribution in [1.29, 1.82) is 0 Å². The lowest BCUT2D eigenvalue weighted by Crippen LogP contribution is -2.17. The Bertz CT molecular complexity index is 698. The van der Waals surface area contributed by atoms with Crippen LogP contribution < -0.4 is 0 Å². The largest absolute Gasteiger partial charge is 0.508 e. The molecule has 0 bridgehead atoms. The Morgan fingerprint density at radius 2 is 2.00 bits per heavy atom. The number of hydrogen-bond donors (Lipinski definition) is 1. The molecule has 0 aliphatic rings. The number of phenolic OH excluding ortho intramolecular Hbond substituents is 1. The molecule has 128 valence electrons. The van der Waals surface area contributed by atoms with Crippen LogP contribution in [0.4, 0.5) is 4.39 Å². The van der Waals surface area contributed by atoms with Crippen molar-refractivity contribution in [3.05, 3.63) is 65.5 Å². The number of rotatable bonds is 8. The van der Waals surface area contributed by atoms with Gasteiger partial charge in [-0.05, 0) is 50.7 Å². The summed E-state index contributed by atoms with van der Waals surface area (Å²) < 4.78 is 22.2. The molecule has 0 aromatic heterocycles. The molecule has 2 rings (SSSR count). The van der Waals surface area contributed by atoms with Gasteiger partial charge >= 0.3 is 0 Å². The monoisotopic (exact) mass is 331 g/mol. The first-order valence-electron chi connectivity index (χ1n) is 8.34. The highest BCUT2D eigenvalue weighted by Gasteiger charge is 2.10. The minimum absolute atomic E-state index is 0.0839. The molecule has 2 aromatic carbocycles. The van der Waals surface area contributed by atoms with Gasteiger partial charge in [-0.15, -0.1) is 0 Å². The van der Waals surface area contributed by atoms with E-state index in [-0.39, 0.29) is 17.4 Å². The Morgan fingerprint density at radius 1 is 1.25 bits per heavy atom. The number of halogens is 1. The molecule has 5 heteroatoms. The second-order valence-electron chi connectivity index (χ2n) is 5.73. The molecule has 0 radical (unpaired) electrons. The zero-order valence-corrected chi connectivity index (χ0v) is 14.0. The minimum atomic E-state index is -0.479. The van der Waals surface area contributed by atoms with Gasteiger partial charge in [-0.25, -0.2) is 4.39 Å². The lowest BCUT2D eigenvalue weighted by atomic mass is 10.0. The molecule has 0 atom stereocenters. The molecule has 0 heterocycles. The molecule has 4 nitrogen and oxygen atoms in total. The smallest absolute Gasteiger partial charge is 0.132 e. The summed E-state index contributed by atoms with van der Waals surface area (Å²) in [7, 11) is 3.86. The van der Waals surface area contributed by atoms with E-state index >= 15 is 0 Å². The van der Waals surface area contributed by atoms with Gasteiger partial charge in [0.15, 0.2) is 0 Å². The maximum Gasteiger partial charge on any atom is 0.132 e. The van der Waals surface area contributed by atoms with Crippen LogP contribution in [-0.4, -0.2) is 43.0 Å². The van der Waals surface area contributed by atoms with Gasteiger partial charge in [-0.2, -0.15) is 0 Å². The van der Waals surface area contributed by atoms with Gasteiger partial charge in [0.05, 0.1) is 7.08 Å². The fourth-order valence-corrected chi connectivity index (χ4v) is 2.13. The standard InChI is InChI=1S/C19H23FN2O2/c1-22(2)13-14-24-21-19(17-5-3-4-6-18(17)20)12-9-15-7-10-16(23)11-8-15/h3-8,10-11,23H,9,12-14H2,1-2H3/b21-19+/i5D. The predicted molar refractivity (Wildman–Crippen MR) is 93.9 cm³/mol. The highest BCUT2D eigenvalue weighted by molar-refractivity contribution is 6.00. The number of phenols is 1. The summed E-state index contributed by atoms with van der Waals surface area (Å²) in [6.07, 6.45) is 1.03. The van der Waals surface area contributed by atoms with Crippen molar-refractivity contribution in [2.45, 2.75) is 12.8 Å². The van der Waals surface area contributed by atoms with Crippen LogP contribution in [0.25, 0.3) is 0 Å². The number of benzene rings is 2. The van der Waals surface area contributed by atoms with E-state index in [1.165, 1.54) is 18.2 Å². The van der Waals surface area contributed by atoms with E-state index < -0.39 is 5.82 Å². The highest BCUT2D eigenvalue weighted by Crippen LogP contribution is 2.15. The van der Waals surface area contributed by atoms with Crippen molar-refractivity contribution < 1.29 is 15.7 Å². The molecule has 0 amide bonds. The molecular formula is C19H23FN2O2. The second kappa shape index (κ2) is 9.03. The summed E-state index contributed by atoms with van der Waals surface area (Å²) in [6.45, 7) is 1.08. The third kappa shape index (κ3) is 5.66. The van der Waals surface area contributed by atoms with E-state index in [1.54, 1.807) is 12.1 Å². The quantitative estimate of drug-likeness (QED) is 0.458. The van der Waals surface area contributed by atoms with Crippen molar-refractivity contribution in [3.63, 3.8) is 0 Å². The molecule has 0 saturated carbocycles. The molecule has 1 N–H and O–H groups in total. The number of aromatic hydroxyl groups is 1. The number of nitrogens with zero attached hydrogens (tertiary/aromatic N) is 2. The Balaban J connectivity index is 2.16. The van der Waals surface area contributed by atoms with Crippen LogP contribution >= 0.6 is 0 Å². The maximum absolute atomic E-state index is 14.2. The first kappa shape index (κ1) is 16.5. The van der Waals surface area contributed by atoms with Gasteiger partial charge in [-0.1, -0.05) is 35.5 Å². The zero-order valence-electron chi connectivity index (χ0n) is 15.0. The maximum atomic E-state index is 14.2. The summed E-state index contributed by atoms with van der Waals surface area (Å²) >= 11 is 0. The van der Waals surface area contributed by atoms with E-state index in [2.05, 4.69) is 5.16 Å². The zero-order chi connectivity index (χ0) is 18.2. The first-order valence-corrected chi connectivity index (χ1v) is 7.84. The summed E-state index contributed by atoms with van der Waals surface area (Å²) in [4.78, 5) is 7.30. The van der Waals surface area contributed by atoms with Crippen LogP contribution in [0, 0.1) is 5.82 Å². The van der Waals surface area contributed by atoms with Crippen LogP contribution in [0.15, 0.2) is 53.7 Å². The lowest BCUT2D eigenvalue weighted by Gasteiger charge is -2.10. The molecule has 0 unspecified atom stereocenters. The first-order chi connectivity index (χ1) is 12.0. The van der Waals surface area contributed by atoms with E-state index in [9.17, 15) is 9.50 Å². The number of likely N-dealkylation sites (N-methyl/N-ethyl adjacent to an activating group) is 1. The number of aryl methyl sites for hydroxylation is 1. The fraction of sp³-hybridized carbons (Fsp3) is 0.316. The van der Waals surface area contributed by atoms with Crippen molar-refractivity contribution in [3.8, 4) is 5.75 Å². The van der Waals surface area contributed by atoms with E-state index in [0.29, 0.717) is 31.7 Å². The summed E-state index contributed by atoms with van der Waals surface area (Å²) in [5.41, 5.74) is 1.57.